The first kappa shape index (κ1) is 13.5. The number of amides is 1. The molecule has 2 N–H and O–H groups in total. The molecule has 0 saturated carbocycles. The molecule has 0 bridgehead atoms. The van der Waals surface area contributed by atoms with Gasteiger partial charge in [0.2, 0.25) is 0 Å². The lowest BCUT2D eigenvalue weighted by molar-refractivity contribution is -0.0175. The Bertz CT molecular complexity index is 472. The van der Waals surface area contributed by atoms with Gasteiger partial charge >= 0.3 is 0 Å². The third-order valence-corrected chi connectivity index (χ3v) is 3.71. The van der Waals surface area contributed by atoms with Crippen molar-refractivity contribution < 1.29 is 9.53 Å². The van der Waals surface area contributed by atoms with E-state index in [-0.39, 0.29) is 12.0 Å². The summed E-state index contributed by atoms with van der Waals surface area (Å²) in [5.41, 5.74) is 0.362. The van der Waals surface area contributed by atoms with Gasteiger partial charge in [-0.25, -0.2) is 4.68 Å². The van der Waals surface area contributed by atoms with Crippen LogP contribution in [0.4, 0.5) is 0 Å². The van der Waals surface area contributed by atoms with Gasteiger partial charge in [-0.15, -0.1) is 5.10 Å². The van der Waals surface area contributed by atoms with Crippen molar-refractivity contribution in [3.05, 3.63) is 11.9 Å². The molecule has 110 valence electrons. The Labute approximate surface area is 117 Å². The van der Waals surface area contributed by atoms with Crippen LogP contribution in [-0.2, 0) is 4.74 Å². The van der Waals surface area contributed by atoms with E-state index in [9.17, 15) is 4.79 Å². The highest BCUT2D eigenvalue weighted by Gasteiger charge is 2.23. The molecule has 0 aliphatic carbocycles. The SMILES string of the molecule is CN1CCOC(CNC(=O)c2cn(C3CNC3)nn2)C1. The highest BCUT2D eigenvalue weighted by atomic mass is 16.5. The summed E-state index contributed by atoms with van der Waals surface area (Å²) in [6, 6.07) is 0.319. The Kier molecular flexibility index (Phi) is 3.95. The Balaban J connectivity index is 1.49. The third kappa shape index (κ3) is 2.97. The fraction of sp³-hybridized carbons (Fsp3) is 0.750. The van der Waals surface area contributed by atoms with Crippen molar-refractivity contribution in [2.45, 2.75) is 12.1 Å². The standard InChI is InChI=1S/C12H20N6O2/c1-17-2-3-20-10(7-17)6-14-12(19)11-8-18(16-15-11)9-4-13-5-9/h8-10,13H,2-7H2,1H3,(H,14,19). The summed E-state index contributed by atoms with van der Waals surface area (Å²) in [7, 11) is 2.05. The average Bonchev–Trinajstić information content (AvgIpc) is 2.83. The lowest BCUT2D eigenvalue weighted by Crippen LogP contribution is -2.46. The normalized spacial score (nSPS) is 24.4. The molecule has 0 aromatic carbocycles. The molecular weight excluding hydrogens is 260 g/mol. The van der Waals surface area contributed by atoms with Crippen LogP contribution in [0.15, 0.2) is 6.20 Å². The lowest BCUT2D eigenvalue weighted by Gasteiger charge is -2.29. The maximum Gasteiger partial charge on any atom is 0.273 e. The number of ether oxygens (including phenoxy) is 1. The summed E-state index contributed by atoms with van der Waals surface area (Å²) in [5, 5.41) is 13.9. The number of likely N-dealkylation sites (N-methyl/N-ethyl adjacent to an activating group) is 1. The molecule has 2 aliphatic heterocycles. The number of hydrogen-bond acceptors (Lipinski definition) is 6. The quantitative estimate of drug-likeness (QED) is 0.697. The number of carbonyl (C=O) groups is 1. The van der Waals surface area contributed by atoms with E-state index in [1.54, 1.807) is 10.9 Å². The number of rotatable bonds is 4. The third-order valence-electron chi connectivity index (χ3n) is 3.71. The van der Waals surface area contributed by atoms with Crippen molar-refractivity contribution in [1.82, 2.24) is 30.5 Å². The van der Waals surface area contributed by atoms with Crippen molar-refractivity contribution in [3.63, 3.8) is 0 Å². The van der Waals surface area contributed by atoms with Gasteiger partial charge in [-0.3, -0.25) is 4.79 Å². The molecule has 8 nitrogen and oxygen atoms in total. The number of carbonyl (C=O) groups excluding carboxylic acids is 1. The van der Waals surface area contributed by atoms with Crippen LogP contribution in [0.3, 0.4) is 0 Å². The van der Waals surface area contributed by atoms with E-state index < -0.39 is 0 Å². The van der Waals surface area contributed by atoms with Crippen molar-refractivity contribution in [2.75, 3.05) is 46.4 Å². The Hall–Kier alpha value is -1.51. The van der Waals surface area contributed by atoms with E-state index in [0.717, 1.165) is 26.2 Å². The summed E-state index contributed by atoms with van der Waals surface area (Å²) in [6.07, 6.45) is 1.75. The number of nitrogens with one attached hydrogen (secondary N) is 2. The molecule has 1 amide bonds. The lowest BCUT2D eigenvalue weighted by atomic mass is 10.2. The van der Waals surface area contributed by atoms with Gasteiger partial charge in [0, 0.05) is 32.7 Å². The number of morpholine rings is 1. The fourth-order valence-corrected chi connectivity index (χ4v) is 2.31. The predicted octanol–water partition coefficient (Wildman–Crippen LogP) is -1.52. The predicted molar refractivity (Wildman–Crippen MR) is 71.5 cm³/mol. The van der Waals surface area contributed by atoms with Gasteiger partial charge in [0.1, 0.15) is 0 Å². The van der Waals surface area contributed by atoms with Gasteiger partial charge in [-0.1, -0.05) is 5.21 Å². The van der Waals surface area contributed by atoms with Crippen LogP contribution in [0.1, 0.15) is 16.5 Å². The molecule has 1 atom stereocenters. The van der Waals surface area contributed by atoms with E-state index >= 15 is 0 Å². The summed E-state index contributed by atoms with van der Waals surface area (Å²) in [4.78, 5) is 14.2. The monoisotopic (exact) mass is 280 g/mol. The maximum atomic E-state index is 12.0. The number of hydrogen-bond donors (Lipinski definition) is 2. The second-order valence-electron chi connectivity index (χ2n) is 5.36. The zero-order valence-electron chi connectivity index (χ0n) is 11.6. The average molecular weight is 280 g/mol. The van der Waals surface area contributed by atoms with Crippen LogP contribution in [0, 0.1) is 0 Å². The van der Waals surface area contributed by atoms with E-state index in [2.05, 4.69) is 32.9 Å². The van der Waals surface area contributed by atoms with Crippen molar-refractivity contribution >= 4 is 5.91 Å². The summed E-state index contributed by atoms with van der Waals surface area (Å²) >= 11 is 0. The second-order valence-corrected chi connectivity index (χ2v) is 5.36. The molecule has 1 unspecified atom stereocenters. The molecule has 8 heteroatoms. The zero-order valence-corrected chi connectivity index (χ0v) is 11.6. The molecule has 3 heterocycles. The van der Waals surface area contributed by atoms with Crippen LogP contribution in [0.2, 0.25) is 0 Å². The van der Waals surface area contributed by atoms with Crippen molar-refractivity contribution in [2.24, 2.45) is 0 Å². The molecule has 1 aromatic heterocycles. The minimum atomic E-state index is -0.194. The fourth-order valence-electron chi connectivity index (χ4n) is 2.31. The summed E-state index contributed by atoms with van der Waals surface area (Å²) in [6.45, 7) is 4.75. The largest absolute Gasteiger partial charge is 0.374 e. The van der Waals surface area contributed by atoms with E-state index in [1.807, 2.05) is 0 Å². The molecule has 3 rings (SSSR count). The van der Waals surface area contributed by atoms with Gasteiger partial charge in [0.15, 0.2) is 5.69 Å². The van der Waals surface area contributed by atoms with Crippen LogP contribution < -0.4 is 10.6 Å². The summed E-state index contributed by atoms with van der Waals surface area (Å²) in [5.74, 6) is -0.194. The van der Waals surface area contributed by atoms with Gasteiger partial charge in [-0.05, 0) is 7.05 Å². The van der Waals surface area contributed by atoms with Crippen molar-refractivity contribution in [1.29, 1.82) is 0 Å². The Morgan fingerprint density at radius 1 is 1.60 bits per heavy atom. The van der Waals surface area contributed by atoms with E-state index in [1.165, 1.54) is 0 Å². The van der Waals surface area contributed by atoms with Crippen LogP contribution >= 0.6 is 0 Å². The van der Waals surface area contributed by atoms with E-state index in [0.29, 0.717) is 24.9 Å². The van der Waals surface area contributed by atoms with Gasteiger partial charge in [0.05, 0.1) is 24.9 Å². The van der Waals surface area contributed by atoms with Gasteiger partial charge < -0.3 is 20.3 Å². The minimum Gasteiger partial charge on any atom is -0.374 e. The zero-order chi connectivity index (χ0) is 13.9. The first-order chi connectivity index (χ1) is 9.72. The first-order valence-corrected chi connectivity index (χ1v) is 6.93. The molecule has 0 radical (unpaired) electrons. The highest BCUT2D eigenvalue weighted by Crippen LogP contribution is 2.09. The molecule has 2 saturated heterocycles. The van der Waals surface area contributed by atoms with Gasteiger partial charge in [0.25, 0.3) is 5.91 Å². The Morgan fingerprint density at radius 3 is 3.15 bits per heavy atom. The summed E-state index contributed by atoms with van der Waals surface area (Å²) < 4.78 is 7.35. The minimum absolute atomic E-state index is 0.0450. The Morgan fingerprint density at radius 2 is 2.45 bits per heavy atom. The first-order valence-electron chi connectivity index (χ1n) is 6.93. The number of aromatic nitrogens is 3. The smallest absolute Gasteiger partial charge is 0.273 e. The van der Waals surface area contributed by atoms with Crippen LogP contribution in [0.5, 0.6) is 0 Å². The van der Waals surface area contributed by atoms with Crippen LogP contribution in [-0.4, -0.2) is 78.3 Å². The maximum absolute atomic E-state index is 12.0. The molecule has 20 heavy (non-hydrogen) atoms. The molecule has 2 fully saturated rings. The second kappa shape index (κ2) is 5.86. The molecule has 2 aliphatic rings. The van der Waals surface area contributed by atoms with Gasteiger partial charge in [-0.2, -0.15) is 0 Å². The number of nitrogens with zero attached hydrogens (tertiary/aromatic N) is 4. The molecule has 0 spiro atoms. The van der Waals surface area contributed by atoms with Crippen LogP contribution in [0.25, 0.3) is 0 Å². The highest BCUT2D eigenvalue weighted by molar-refractivity contribution is 5.91. The molecule has 1 aromatic rings. The molecular formula is C12H20N6O2. The van der Waals surface area contributed by atoms with Crippen molar-refractivity contribution in [3.8, 4) is 0 Å². The van der Waals surface area contributed by atoms with E-state index in [4.69, 9.17) is 4.74 Å². The topological polar surface area (TPSA) is 84.3 Å².